The number of aliphatic hydroxyl groups is 1. The summed E-state index contributed by atoms with van der Waals surface area (Å²) in [7, 11) is 1.55. The number of benzene rings is 1. The number of hydrogen-bond donors (Lipinski definition) is 3. The lowest BCUT2D eigenvalue weighted by molar-refractivity contribution is -0.145. The van der Waals surface area contributed by atoms with Crippen molar-refractivity contribution < 1.29 is 24.2 Å². The molecule has 0 saturated carbocycles. The van der Waals surface area contributed by atoms with Crippen LogP contribution in [0.4, 0.5) is 0 Å². The van der Waals surface area contributed by atoms with Gasteiger partial charge < -0.3 is 25.4 Å². The van der Waals surface area contributed by atoms with E-state index in [9.17, 15) is 19.5 Å². The second-order valence-electron chi connectivity index (χ2n) is 9.09. The predicted octanol–water partition coefficient (Wildman–Crippen LogP) is 0.627. The second-order valence-corrected chi connectivity index (χ2v) is 9.09. The van der Waals surface area contributed by atoms with E-state index < -0.39 is 29.5 Å². The number of fused-ring (bicyclic) bond motifs is 1. The van der Waals surface area contributed by atoms with E-state index in [4.69, 9.17) is 4.74 Å². The Morgan fingerprint density at radius 2 is 2.03 bits per heavy atom. The molecule has 2 bridgehead atoms. The average molecular weight is 444 g/mol. The van der Waals surface area contributed by atoms with E-state index in [0.717, 1.165) is 18.4 Å². The first-order valence-corrected chi connectivity index (χ1v) is 11.6. The number of hydrogen-bond acceptors (Lipinski definition) is 5. The van der Waals surface area contributed by atoms with Crippen LogP contribution in [0.5, 0.6) is 0 Å². The standard InChI is InChI=1S/C24H33N3O5/c1-3-4-12-26-22(30)20-24-11-10-17(32-24)18(21(29)25-2)19(24)23(31)27(20)16(14-28)13-15-8-6-5-7-9-15/h5-9,16-20,28H,3-4,10-14H2,1-2H3,(H,25,29)(H,26,30)/t16-,17+,18-,19+,20?,24?/m1/s1. The molecule has 1 aromatic carbocycles. The highest BCUT2D eigenvalue weighted by Crippen LogP contribution is 2.58. The molecule has 3 saturated heterocycles. The van der Waals surface area contributed by atoms with Crippen LogP contribution in [0.15, 0.2) is 30.3 Å². The molecule has 6 atom stereocenters. The van der Waals surface area contributed by atoms with Gasteiger partial charge in [-0.2, -0.15) is 0 Å². The summed E-state index contributed by atoms with van der Waals surface area (Å²) in [6, 6.07) is 8.15. The van der Waals surface area contributed by atoms with Crippen molar-refractivity contribution in [3.8, 4) is 0 Å². The van der Waals surface area contributed by atoms with Crippen molar-refractivity contribution in [2.24, 2.45) is 11.8 Å². The lowest BCUT2D eigenvalue weighted by Gasteiger charge is -2.36. The summed E-state index contributed by atoms with van der Waals surface area (Å²) >= 11 is 0. The van der Waals surface area contributed by atoms with Crippen LogP contribution in [-0.4, -0.2) is 71.7 Å². The topological polar surface area (TPSA) is 108 Å². The van der Waals surface area contributed by atoms with Gasteiger partial charge in [0.25, 0.3) is 0 Å². The SMILES string of the molecule is CCCCNC(=O)C1N([C@@H](CO)Cc2ccccc2)C(=O)[C@@H]2[C@H](C(=O)NC)[C@@H]3CCC12O3. The molecule has 1 spiro atoms. The molecule has 8 heteroatoms. The Kier molecular flexibility index (Phi) is 6.53. The summed E-state index contributed by atoms with van der Waals surface area (Å²) in [5.74, 6) is -2.10. The number of ether oxygens (including phenoxy) is 1. The molecule has 4 rings (SSSR count). The van der Waals surface area contributed by atoms with Gasteiger partial charge >= 0.3 is 0 Å². The van der Waals surface area contributed by atoms with Crippen LogP contribution in [0.3, 0.4) is 0 Å². The first-order chi connectivity index (χ1) is 15.5. The van der Waals surface area contributed by atoms with E-state index in [1.807, 2.05) is 37.3 Å². The number of carbonyl (C=O) groups excluding carboxylic acids is 3. The van der Waals surface area contributed by atoms with Gasteiger partial charge in [-0.15, -0.1) is 0 Å². The predicted molar refractivity (Wildman–Crippen MR) is 117 cm³/mol. The maximum absolute atomic E-state index is 13.8. The third-order valence-electron chi connectivity index (χ3n) is 7.28. The van der Waals surface area contributed by atoms with Crippen LogP contribution < -0.4 is 10.6 Å². The Morgan fingerprint density at radius 1 is 1.28 bits per heavy atom. The molecule has 0 aromatic heterocycles. The summed E-state index contributed by atoms with van der Waals surface area (Å²) in [6.45, 7) is 2.28. The highest BCUT2D eigenvalue weighted by Gasteiger charge is 2.74. The van der Waals surface area contributed by atoms with Gasteiger partial charge in [-0.1, -0.05) is 43.7 Å². The highest BCUT2D eigenvalue weighted by molar-refractivity contribution is 5.99. The fourth-order valence-electron chi connectivity index (χ4n) is 5.87. The van der Waals surface area contributed by atoms with Crippen molar-refractivity contribution in [1.82, 2.24) is 15.5 Å². The molecule has 8 nitrogen and oxygen atoms in total. The molecule has 3 aliphatic rings. The molecule has 3 fully saturated rings. The third kappa shape index (κ3) is 3.59. The fraction of sp³-hybridized carbons (Fsp3) is 0.625. The van der Waals surface area contributed by atoms with Gasteiger partial charge in [-0.25, -0.2) is 0 Å². The first-order valence-electron chi connectivity index (χ1n) is 11.6. The number of rotatable bonds is 9. The van der Waals surface area contributed by atoms with E-state index in [2.05, 4.69) is 10.6 Å². The van der Waals surface area contributed by atoms with Gasteiger partial charge in [-0.3, -0.25) is 14.4 Å². The Morgan fingerprint density at radius 3 is 2.69 bits per heavy atom. The zero-order chi connectivity index (χ0) is 22.9. The van der Waals surface area contributed by atoms with Crippen LogP contribution >= 0.6 is 0 Å². The summed E-state index contributed by atoms with van der Waals surface area (Å²) in [5.41, 5.74) is -0.0635. The zero-order valence-corrected chi connectivity index (χ0v) is 18.8. The molecule has 0 radical (unpaired) electrons. The van der Waals surface area contributed by atoms with E-state index in [-0.39, 0.29) is 30.4 Å². The average Bonchev–Trinajstić information content (AvgIpc) is 3.45. The molecule has 3 heterocycles. The van der Waals surface area contributed by atoms with E-state index >= 15 is 0 Å². The van der Waals surface area contributed by atoms with Crippen molar-refractivity contribution in [2.45, 2.75) is 62.8 Å². The van der Waals surface area contributed by atoms with Gasteiger partial charge in [0, 0.05) is 13.6 Å². The Hall–Kier alpha value is -2.45. The Balaban J connectivity index is 1.71. The number of unbranched alkanes of at least 4 members (excludes halogenated alkanes) is 1. The van der Waals surface area contributed by atoms with E-state index in [1.54, 1.807) is 7.05 Å². The van der Waals surface area contributed by atoms with E-state index in [1.165, 1.54) is 4.90 Å². The van der Waals surface area contributed by atoms with Crippen molar-refractivity contribution in [1.29, 1.82) is 0 Å². The van der Waals surface area contributed by atoms with Crippen LogP contribution in [0.1, 0.15) is 38.2 Å². The molecular formula is C24H33N3O5. The van der Waals surface area contributed by atoms with Crippen molar-refractivity contribution in [2.75, 3.05) is 20.2 Å². The van der Waals surface area contributed by atoms with Gasteiger partial charge in [0.15, 0.2) is 0 Å². The normalized spacial score (nSPS) is 31.5. The molecular weight excluding hydrogens is 410 g/mol. The number of aliphatic hydroxyl groups excluding tert-OH is 1. The minimum absolute atomic E-state index is 0.231. The van der Waals surface area contributed by atoms with E-state index in [0.29, 0.717) is 25.8 Å². The first kappa shape index (κ1) is 22.7. The quantitative estimate of drug-likeness (QED) is 0.485. The van der Waals surface area contributed by atoms with Crippen molar-refractivity contribution >= 4 is 17.7 Å². The highest BCUT2D eigenvalue weighted by atomic mass is 16.5. The van der Waals surface area contributed by atoms with Gasteiger partial charge in [0.05, 0.1) is 30.6 Å². The Labute approximate surface area is 188 Å². The lowest BCUT2D eigenvalue weighted by atomic mass is 9.70. The summed E-state index contributed by atoms with van der Waals surface area (Å²) < 4.78 is 6.34. The molecule has 3 aliphatic heterocycles. The molecule has 174 valence electrons. The third-order valence-corrected chi connectivity index (χ3v) is 7.28. The number of amides is 3. The zero-order valence-electron chi connectivity index (χ0n) is 18.8. The number of likely N-dealkylation sites (tertiary alicyclic amines) is 1. The van der Waals surface area contributed by atoms with Gasteiger partial charge in [-0.05, 0) is 31.2 Å². The smallest absolute Gasteiger partial charge is 0.245 e. The number of nitrogens with one attached hydrogen (secondary N) is 2. The maximum Gasteiger partial charge on any atom is 0.245 e. The lowest BCUT2D eigenvalue weighted by Crippen LogP contribution is -2.58. The van der Waals surface area contributed by atoms with Crippen LogP contribution in [0, 0.1) is 11.8 Å². The minimum Gasteiger partial charge on any atom is -0.394 e. The molecule has 0 aliphatic carbocycles. The van der Waals surface area contributed by atoms with Gasteiger partial charge in [0.2, 0.25) is 17.7 Å². The summed E-state index contributed by atoms with van der Waals surface area (Å²) in [6.07, 6.45) is 3.01. The largest absolute Gasteiger partial charge is 0.394 e. The molecule has 32 heavy (non-hydrogen) atoms. The number of carbonyl (C=O) groups is 3. The molecule has 3 N–H and O–H groups in total. The monoisotopic (exact) mass is 443 g/mol. The molecule has 3 amide bonds. The van der Waals surface area contributed by atoms with Crippen molar-refractivity contribution in [3.05, 3.63) is 35.9 Å². The maximum atomic E-state index is 13.8. The minimum atomic E-state index is -1.03. The fourth-order valence-corrected chi connectivity index (χ4v) is 5.87. The van der Waals surface area contributed by atoms with Gasteiger partial charge in [0.1, 0.15) is 11.6 Å². The van der Waals surface area contributed by atoms with Crippen molar-refractivity contribution in [3.63, 3.8) is 0 Å². The Bertz CT molecular complexity index is 862. The van der Waals surface area contributed by atoms with Crippen LogP contribution in [0.25, 0.3) is 0 Å². The molecule has 1 aromatic rings. The van der Waals surface area contributed by atoms with Crippen LogP contribution in [-0.2, 0) is 25.5 Å². The number of nitrogens with zero attached hydrogens (tertiary/aromatic N) is 1. The molecule has 2 unspecified atom stereocenters. The summed E-state index contributed by atoms with van der Waals surface area (Å²) in [5, 5.41) is 15.9. The van der Waals surface area contributed by atoms with Crippen LogP contribution in [0.2, 0.25) is 0 Å². The summed E-state index contributed by atoms with van der Waals surface area (Å²) in [4.78, 5) is 41.5. The second kappa shape index (κ2) is 9.19.